The molecule has 1 fully saturated rings. The summed E-state index contributed by atoms with van der Waals surface area (Å²) in [6, 6.07) is 15.7. The summed E-state index contributed by atoms with van der Waals surface area (Å²) in [6.45, 7) is 0.776. The smallest absolute Gasteiger partial charge is 0.268 e. The Hall–Kier alpha value is -2.51. The van der Waals surface area contributed by atoms with Crippen LogP contribution in [0.5, 0.6) is 0 Å². The number of amides is 2. The zero-order valence-corrected chi connectivity index (χ0v) is 14.9. The lowest BCUT2D eigenvalue weighted by Crippen LogP contribution is -2.41. The summed E-state index contributed by atoms with van der Waals surface area (Å²) in [7, 11) is 0. The normalized spacial score (nSPS) is 18.5. The first kappa shape index (κ1) is 16.9. The molecule has 6 nitrogen and oxygen atoms in total. The van der Waals surface area contributed by atoms with Crippen LogP contribution in [-0.2, 0) is 9.59 Å². The maximum atomic E-state index is 12.3. The number of rotatable bonds is 4. The van der Waals surface area contributed by atoms with Crippen LogP contribution in [0.1, 0.15) is 12.8 Å². The second kappa shape index (κ2) is 7.01. The van der Waals surface area contributed by atoms with E-state index in [0.29, 0.717) is 18.0 Å². The Morgan fingerprint density at radius 3 is 2.31 bits per heavy atom. The van der Waals surface area contributed by atoms with Gasteiger partial charge in [0.25, 0.3) is 5.91 Å². The van der Waals surface area contributed by atoms with Gasteiger partial charge in [-0.25, -0.2) is 5.06 Å². The standard InChI is InChI=1S/C19H19N3O3S/c23-18(20-13-9-12-22(25)19(13)24)10-11-21-14-5-1-3-7-16(14)26-17-8-4-2-6-15(17)21/h1-8,13,25H,9-12H2,(H,20,23). The van der Waals surface area contributed by atoms with Crippen LogP contribution in [0.4, 0.5) is 11.4 Å². The first-order valence-electron chi connectivity index (χ1n) is 8.56. The third kappa shape index (κ3) is 3.15. The number of para-hydroxylation sites is 2. The Balaban J connectivity index is 1.48. The molecule has 2 heterocycles. The number of hydrogen-bond donors (Lipinski definition) is 2. The molecule has 0 bridgehead atoms. The van der Waals surface area contributed by atoms with Gasteiger partial charge < -0.3 is 10.2 Å². The Bertz CT molecular complexity index is 812. The van der Waals surface area contributed by atoms with Crippen molar-refractivity contribution in [3.05, 3.63) is 48.5 Å². The molecule has 0 radical (unpaired) electrons. The van der Waals surface area contributed by atoms with Crippen molar-refractivity contribution in [1.82, 2.24) is 10.4 Å². The van der Waals surface area contributed by atoms with Crippen molar-refractivity contribution in [2.45, 2.75) is 28.7 Å². The van der Waals surface area contributed by atoms with E-state index in [1.807, 2.05) is 24.3 Å². The summed E-state index contributed by atoms with van der Waals surface area (Å²) in [5.41, 5.74) is 2.17. The monoisotopic (exact) mass is 369 g/mol. The number of hydroxylamine groups is 2. The quantitative estimate of drug-likeness (QED) is 0.811. The number of nitrogens with zero attached hydrogens (tertiary/aromatic N) is 2. The lowest BCUT2D eigenvalue weighted by Gasteiger charge is -2.32. The fraction of sp³-hybridized carbons (Fsp3) is 0.263. The molecule has 4 rings (SSSR count). The van der Waals surface area contributed by atoms with Gasteiger partial charge in [-0.15, -0.1) is 0 Å². The number of hydrogen-bond acceptors (Lipinski definition) is 5. The molecule has 2 aliphatic rings. The molecule has 1 atom stereocenters. The zero-order valence-electron chi connectivity index (χ0n) is 14.1. The highest BCUT2D eigenvalue weighted by Gasteiger charge is 2.32. The van der Waals surface area contributed by atoms with E-state index in [1.54, 1.807) is 11.8 Å². The van der Waals surface area contributed by atoms with Gasteiger partial charge in [-0.2, -0.15) is 0 Å². The molecule has 0 aromatic heterocycles. The maximum Gasteiger partial charge on any atom is 0.268 e. The van der Waals surface area contributed by atoms with Crippen molar-refractivity contribution in [3.8, 4) is 0 Å². The predicted molar refractivity (Wildman–Crippen MR) is 98.7 cm³/mol. The van der Waals surface area contributed by atoms with E-state index in [-0.39, 0.29) is 18.9 Å². The number of benzene rings is 2. The highest BCUT2D eigenvalue weighted by molar-refractivity contribution is 7.99. The number of carbonyl (C=O) groups excluding carboxylic acids is 2. The van der Waals surface area contributed by atoms with Crippen LogP contribution in [0.25, 0.3) is 0 Å². The molecule has 7 heteroatoms. The Labute approximate surface area is 155 Å². The van der Waals surface area contributed by atoms with Crippen LogP contribution < -0.4 is 10.2 Å². The Morgan fingerprint density at radius 1 is 1.12 bits per heavy atom. The van der Waals surface area contributed by atoms with Crippen LogP contribution in [-0.4, -0.2) is 41.2 Å². The summed E-state index contributed by atoms with van der Waals surface area (Å²) in [5, 5.41) is 12.7. The molecular weight excluding hydrogens is 350 g/mol. The first-order chi connectivity index (χ1) is 12.6. The molecule has 2 N–H and O–H groups in total. The molecule has 1 unspecified atom stereocenters. The third-order valence-corrected chi connectivity index (χ3v) is 5.74. The highest BCUT2D eigenvalue weighted by Crippen LogP contribution is 2.47. The lowest BCUT2D eigenvalue weighted by atomic mass is 10.2. The minimum Gasteiger partial charge on any atom is -0.344 e. The van der Waals surface area contributed by atoms with Crippen molar-refractivity contribution in [2.75, 3.05) is 18.0 Å². The summed E-state index contributed by atoms with van der Waals surface area (Å²) in [6.07, 6.45) is 0.704. The van der Waals surface area contributed by atoms with Gasteiger partial charge >= 0.3 is 0 Å². The van der Waals surface area contributed by atoms with E-state index in [9.17, 15) is 14.8 Å². The lowest BCUT2D eigenvalue weighted by molar-refractivity contribution is -0.159. The second-order valence-corrected chi connectivity index (χ2v) is 7.39. The van der Waals surface area contributed by atoms with Gasteiger partial charge in [-0.3, -0.25) is 14.8 Å². The van der Waals surface area contributed by atoms with Gasteiger partial charge in [0, 0.05) is 22.8 Å². The highest BCUT2D eigenvalue weighted by atomic mass is 32.2. The molecule has 2 aromatic carbocycles. The van der Waals surface area contributed by atoms with Crippen LogP contribution in [0, 0.1) is 0 Å². The molecule has 26 heavy (non-hydrogen) atoms. The third-order valence-electron chi connectivity index (χ3n) is 4.61. The van der Waals surface area contributed by atoms with E-state index in [2.05, 4.69) is 34.5 Å². The van der Waals surface area contributed by atoms with E-state index in [0.717, 1.165) is 21.2 Å². The second-order valence-electron chi connectivity index (χ2n) is 6.31. The number of carbonyl (C=O) groups is 2. The molecule has 134 valence electrons. The molecule has 0 saturated carbocycles. The van der Waals surface area contributed by atoms with Crippen LogP contribution >= 0.6 is 11.8 Å². The van der Waals surface area contributed by atoms with Gasteiger partial charge in [0.15, 0.2) is 0 Å². The van der Waals surface area contributed by atoms with Gasteiger partial charge in [0.2, 0.25) is 5.91 Å². The van der Waals surface area contributed by atoms with Crippen molar-refractivity contribution in [2.24, 2.45) is 0 Å². The molecule has 2 amide bonds. The maximum absolute atomic E-state index is 12.3. The van der Waals surface area contributed by atoms with Crippen molar-refractivity contribution in [3.63, 3.8) is 0 Å². The summed E-state index contributed by atoms with van der Waals surface area (Å²) in [5.74, 6) is -0.629. The Morgan fingerprint density at radius 2 is 1.73 bits per heavy atom. The Kier molecular flexibility index (Phi) is 4.57. The molecular formula is C19H19N3O3S. The molecule has 0 aliphatic carbocycles. The fourth-order valence-electron chi connectivity index (χ4n) is 3.30. The van der Waals surface area contributed by atoms with E-state index in [4.69, 9.17) is 0 Å². The summed E-state index contributed by atoms with van der Waals surface area (Å²) in [4.78, 5) is 28.5. The van der Waals surface area contributed by atoms with E-state index < -0.39 is 11.9 Å². The predicted octanol–water partition coefficient (Wildman–Crippen LogP) is 2.79. The van der Waals surface area contributed by atoms with E-state index in [1.165, 1.54) is 0 Å². The van der Waals surface area contributed by atoms with E-state index >= 15 is 0 Å². The average Bonchev–Trinajstić information content (AvgIpc) is 2.97. The minimum atomic E-state index is -0.621. The topological polar surface area (TPSA) is 72.9 Å². The SMILES string of the molecule is O=C(CCN1c2ccccc2Sc2ccccc21)NC1CCN(O)C1=O. The first-order valence-corrected chi connectivity index (χ1v) is 9.38. The molecule has 0 spiro atoms. The summed E-state index contributed by atoms with van der Waals surface area (Å²) >= 11 is 1.73. The number of anilines is 2. The molecule has 2 aliphatic heterocycles. The van der Waals surface area contributed by atoms with Crippen LogP contribution in [0.2, 0.25) is 0 Å². The largest absolute Gasteiger partial charge is 0.344 e. The van der Waals surface area contributed by atoms with Crippen molar-refractivity contribution >= 4 is 35.0 Å². The van der Waals surface area contributed by atoms with Crippen molar-refractivity contribution in [1.29, 1.82) is 0 Å². The van der Waals surface area contributed by atoms with Crippen LogP contribution in [0.3, 0.4) is 0 Å². The average molecular weight is 369 g/mol. The fourth-order valence-corrected chi connectivity index (χ4v) is 4.40. The van der Waals surface area contributed by atoms with Gasteiger partial charge in [0.1, 0.15) is 6.04 Å². The number of fused-ring (bicyclic) bond motifs is 2. The molecule has 2 aromatic rings. The molecule has 1 saturated heterocycles. The number of nitrogens with one attached hydrogen (secondary N) is 1. The minimum absolute atomic E-state index is 0.188. The van der Waals surface area contributed by atoms with Crippen molar-refractivity contribution < 1.29 is 14.8 Å². The van der Waals surface area contributed by atoms with Gasteiger partial charge in [-0.05, 0) is 30.7 Å². The summed E-state index contributed by atoms with van der Waals surface area (Å²) < 4.78 is 0. The zero-order chi connectivity index (χ0) is 18.1. The van der Waals surface area contributed by atoms with Gasteiger partial charge in [0.05, 0.1) is 17.9 Å². The van der Waals surface area contributed by atoms with Gasteiger partial charge in [-0.1, -0.05) is 36.0 Å². The van der Waals surface area contributed by atoms with Crippen LogP contribution in [0.15, 0.2) is 58.3 Å².